The van der Waals surface area contributed by atoms with Gasteiger partial charge in [0.25, 0.3) is 0 Å². The number of amides is 1. The monoisotopic (exact) mass is 269 g/mol. The van der Waals surface area contributed by atoms with E-state index in [9.17, 15) is 4.79 Å². The molecule has 1 heterocycles. The SMILES string of the molecule is CC(=O)Nc1cc2cc(Br)ccc2s1. The zero-order chi connectivity index (χ0) is 10.1. The minimum Gasteiger partial charge on any atom is -0.318 e. The lowest BCUT2D eigenvalue weighted by molar-refractivity contribution is -0.114. The number of halogens is 1. The molecule has 0 aliphatic carbocycles. The van der Waals surface area contributed by atoms with Crippen molar-refractivity contribution in [1.82, 2.24) is 0 Å². The Balaban J connectivity index is 2.46. The first-order chi connectivity index (χ1) is 6.65. The van der Waals surface area contributed by atoms with Gasteiger partial charge in [0.05, 0.1) is 5.00 Å². The van der Waals surface area contributed by atoms with E-state index >= 15 is 0 Å². The highest BCUT2D eigenvalue weighted by Gasteiger charge is 2.02. The highest BCUT2D eigenvalue weighted by Crippen LogP contribution is 2.31. The summed E-state index contributed by atoms with van der Waals surface area (Å²) in [5.74, 6) is -0.0318. The third kappa shape index (κ3) is 1.96. The molecule has 0 radical (unpaired) electrons. The highest BCUT2D eigenvalue weighted by molar-refractivity contribution is 9.10. The Morgan fingerprint density at radius 3 is 2.93 bits per heavy atom. The Morgan fingerprint density at radius 2 is 2.21 bits per heavy atom. The summed E-state index contributed by atoms with van der Waals surface area (Å²) in [6, 6.07) is 8.05. The molecule has 2 nitrogen and oxygen atoms in total. The summed E-state index contributed by atoms with van der Waals surface area (Å²) < 4.78 is 2.23. The van der Waals surface area contributed by atoms with Gasteiger partial charge in [-0.1, -0.05) is 15.9 Å². The van der Waals surface area contributed by atoms with Gasteiger partial charge in [-0.15, -0.1) is 11.3 Å². The summed E-state index contributed by atoms with van der Waals surface area (Å²) in [4.78, 5) is 10.8. The number of hydrogen-bond donors (Lipinski definition) is 1. The molecule has 0 atom stereocenters. The van der Waals surface area contributed by atoms with Crippen LogP contribution in [0.1, 0.15) is 6.92 Å². The molecule has 14 heavy (non-hydrogen) atoms. The molecule has 2 rings (SSSR count). The predicted octanol–water partition coefficient (Wildman–Crippen LogP) is 3.62. The van der Waals surface area contributed by atoms with Crippen molar-refractivity contribution in [3.63, 3.8) is 0 Å². The molecule has 0 saturated heterocycles. The maximum absolute atomic E-state index is 10.8. The average Bonchev–Trinajstić information content (AvgIpc) is 2.44. The van der Waals surface area contributed by atoms with Gasteiger partial charge in [-0.25, -0.2) is 0 Å². The lowest BCUT2D eigenvalue weighted by Crippen LogP contribution is -2.03. The van der Waals surface area contributed by atoms with Crippen molar-refractivity contribution >= 4 is 48.3 Å². The van der Waals surface area contributed by atoms with Gasteiger partial charge in [0, 0.05) is 16.1 Å². The summed E-state index contributed by atoms with van der Waals surface area (Å²) >= 11 is 4.99. The van der Waals surface area contributed by atoms with Crippen LogP contribution >= 0.6 is 27.3 Å². The number of benzene rings is 1. The van der Waals surface area contributed by atoms with Gasteiger partial charge >= 0.3 is 0 Å². The van der Waals surface area contributed by atoms with Crippen LogP contribution in [0.3, 0.4) is 0 Å². The number of thiophene rings is 1. The topological polar surface area (TPSA) is 29.1 Å². The molecule has 0 fully saturated rings. The number of anilines is 1. The first kappa shape index (κ1) is 9.68. The molecule has 0 bridgehead atoms. The number of nitrogens with one attached hydrogen (secondary N) is 1. The third-order valence-corrected chi connectivity index (χ3v) is 3.30. The maximum atomic E-state index is 10.8. The molecule has 72 valence electrons. The summed E-state index contributed by atoms with van der Waals surface area (Å²) in [7, 11) is 0. The molecule has 1 amide bonds. The van der Waals surface area contributed by atoms with Crippen molar-refractivity contribution in [3.8, 4) is 0 Å². The summed E-state index contributed by atoms with van der Waals surface area (Å²) in [5.41, 5.74) is 0. The van der Waals surface area contributed by atoms with Crippen molar-refractivity contribution in [2.45, 2.75) is 6.92 Å². The van der Waals surface area contributed by atoms with Gasteiger partial charge in [-0.2, -0.15) is 0 Å². The second-order valence-electron chi connectivity index (χ2n) is 2.97. The molecule has 2 aromatic rings. The zero-order valence-electron chi connectivity index (χ0n) is 7.50. The van der Waals surface area contributed by atoms with Crippen LogP contribution in [-0.4, -0.2) is 5.91 Å². The fraction of sp³-hybridized carbons (Fsp3) is 0.100. The van der Waals surface area contributed by atoms with Gasteiger partial charge in [0.1, 0.15) is 0 Å². The van der Waals surface area contributed by atoms with E-state index in [2.05, 4.69) is 21.2 Å². The Kier molecular flexibility index (Phi) is 2.56. The molecule has 1 N–H and O–H groups in total. The molecule has 0 aliphatic heterocycles. The van der Waals surface area contributed by atoms with Crippen LogP contribution in [0, 0.1) is 0 Å². The number of hydrogen-bond acceptors (Lipinski definition) is 2. The van der Waals surface area contributed by atoms with Gasteiger partial charge in [-0.05, 0) is 29.7 Å². The van der Waals surface area contributed by atoms with Crippen molar-refractivity contribution in [3.05, 3.63) is 28.7 Å². The van der Waals surface area contributed by atoms with Crippen LogP contribution in [0.5, 0.6) is 0 Å². The summed E-state index contributed by atoms with van der Waals surface area (Å²) in [6.07, 6.45) is 0. The fourth-order valence-electron chi connectivity index (χ4n) is 1.25. The van der Waals surface area contributed by atoms with Crippen LogP contribution in [0.4, 0.5) is 5.00 Å². The lowest BCUT2D eigenvalue weighted by Gasteiger charge is -1.92. The molecule has 0 aliphatic rings. The standard InChI is InChI=1S/C10H8BrNOS/c1-6(13)12-10-5-7-4-8(11)2-3-9(7)14-10/h2-5H,1H3,(H,12,13). The summed E-state index contributed by atoms with van der Waals surface area (Å²) in [5, 5.41) is 4.82. The molecule has 1 aromatic heterocycles. The van der Waals surface area contributed by atoms with E-state index in [1.807, 2.05) is 24.3 Å². The quantitative estimate of drug-likeness (QED) is 0.842. The van der Waals surface area contributed by atoms with E-state index < -0.39 is 0 Å². The first-order valence-corrected chi connectivity index (χ1v) is 5.73. The van der Waals surface area contributed by atoms with Crippen molar-refractivity contribution in [2.75, 3.05) is 5.32 Å². The second kappa shape index (κ2) is 3.71. The molecule has 0 unspecified atom stereocenters. The maximum Gasteiger partial charge on any atom is 0.221 e. The molecule has 0 spiro atoms. The van der Waals surface area contributed by atoms with Crippen LogP contribution in [0.15, 0.2) is 28.7 Å². The van der Waals surface area contributed by atoms with Gasteiger partial charge < -0.3 is 5.32 Å². The molecule has 0 saturated carbocycles. The van der Waals surface area contributed by atoms with E-state index in [-0.39, 0.29) is 5.91 Å². The average molecular weight is 270 g/mol. The van der Waals surface area contributed by atoms with Gasteiger partial charge in [-0.3, -0.25) is 4.79 Å². The largest absolute Gasteiger partial charge is 0.318 e. The third-order valence-electron chi connectivity index (χ3n) is 1.78. The minimum absolute atomic E-state index is 0.0318. The molecular formula is C10H8BrNOS. The number of carbonyl (C=O) groups excluding carboxylic acids is 1. The minimum atomic E-state index is -0.0318. The van der Waals surface area contributed by atoms with Crippen LogP contribution < -0.4 is 5.32 Å². The van der Waals surface area contributed by atoms with Crippen LogP contribution in [0.2, 0.25) is 0 Å². The number of carbonyl (C=O) groups is 1. The van der Waals surface area contributed by atoms with Gasteiger partial charge in [0.2, 0.25) is 5.91 Å². The van der Waals surface area contributed by atoms with Crippen molar-refractivity contribution < 1.29 is 4.79 Å². The summed E-state index contributed by atoms with van der Waals surface area (Å²) in [6.45, 7) is 1.51. The molecule has 4 heteroatoms. The van der Waals surface area contributed by atoms with E-state index in [1.165, 1.54) is 11.6 Å². The smallest absolute Gasteiger partial charge is 0.221 e. The van der Waals surface area contributed by atoms with Crippen LogP contribution in [-0.2, 0) is 4.79 Å². The van der Waals surface area contributed by atoms with E-state index in [1.54, 1.807) is 11.3 Å². The van der Waals surface area contributed by atoms with Gasteiger partial charge in [0.15, 0.2) is 0 Å². The van der Waals surface area contributed by atoms with E-state index in [0.717, 1.165) is 14.9 Å². The number of fused-ring (bicyclic) bond motifs is 1. The first-order valence-electron chi connectivity index (χ1n) is 4.12. The zero-order valence-corrected chi connectivity index (χ0v) is 9.91. The molecular weight excluding hydrogens is 262 g/mol. The van der Waals surface area contributed by atoms with E-state index in [4.69, 9.17) is 0 Å². The van der Waals surface area contributed by atoms with E-state index in [0.29, 0.717) is 0 Å². The second-order valence-corrected chi connectivity index (χ2v) is 4.97. The molecule has 1 aromatic carbocycles. The van der Waals surface area contributed by atoms with Crippen molar-refractivity contribution in [2.24, 2.45) is 0 Å². The Morgan fingerprint density at radius 1 is 1.43 bits per heavy atom. The van der Waals surface area contributed by atoms with Crippen molar-refractivity contribution in [1.29, 1.82) is 0 Å². The number of rotatable bonds is 1. The predicted molar refractivity (Wildman–Crippen MR) is 63.8 cm³/mol. The lowest BCUT2D eigenvalue weighted by atomic mass is 10.3. The normalized spacial score (nSPS) is 10.4. The Labute approximate surface area is 94.1 Å². The van der Waals surface area contributed by atoms with Crippen LogP contribution in [0.25, 0.3) is 10.1 Å². The Hall–Kier alpha value is -0.870. The highest BCUT2D eigenvalue weighted by atomic mass is 79.9. The Bertz CT molecular complexity index is 492. The fourth-order valence-corrected chi connectivity index (χ4v) is 2.62.